The summed E-state index contributed by atoms with van der Waals surface area (Å²) in [6.07, 6.45) is 11.5. The van der Waals surface area contributed by atoms with E-state index >= 15 is 0 Å². The number of ether oxygens (including phenoxy) is 1. The first-order chi connectivity index (χ1) is 13.6. The van der Waals surface area contributed by atoms with Gasteiger partial charge in [0.1, 0.15) is 11.4 Å². The molecule has 0 bridgehead atoms. The first-order valence-corrected chi connectivity index (χ1v) is 10.0. The van der Waals surface area contributed by atoms with E-state index in [2.05, 4.69) is 26.6 Å². The average molecular weight is 380 g/mol. The summed E-state index contributed by atoms with van der Waals surface area (Å²) in [7, 11) is 0. The molecule has 7 nitrogen and oxygen atoms in total. The van der Waals surface area contributed by atoms with Gasteiger partial charge in [-0.3, -0.25) is 4.79 Å². The zero-order valence-electron chi connectivity index (χ0n) is 15.9. The Morgan fingerprint density at radius 3 is 2.93 bits per heavy atom. The van der Waals surface area contributed by atoms with Crippen LogP contribution in [0.1, 0.15) is 54.6 Å². The van der Waals surface area contributed by atoms with Crippen molar-refractivity contribution < 1.29 is 9.53 Å². The summed E-state index contributed by atoms with van der Waals surface area (Å²) in [4.78, 5) is 32.4. The number of aromatic nitrogens is 2. The molecule has 2 aromatic rings. The van der Waals surface area contributed by atoms with E-state index < -0.39 is 5.97 Å². The maximum absolute atomic E-state index is 13.1. The molecule has 146 valence electrons. The molecule has 3 aliphatic rings. The fourth-order valence-electron chi connectivity index (χ4n) is 4.52. The number of carbonyl (C=O) groups excluding carboxylic acids is 1. The first kappa shape index (κ1) is 17.4. The highest BCUT2D eigenvalue weighted by atomic mass is 16.5. The van der Waals surface area contributed by atoms with Crippen molar-refractivity contribution in [3.8, 4) is 0 Å². The monoisotopic (exact) mass is 380 g/mol. The molecule has 1 saturated carbocycles. The van der Waals surface area contributed by atoms with Crippen LogP contribution in [-0.4, -0.2) is 40.8 Å². The molecule has 28 heavy (non-hydrogen) atoms. The third-order valence-electron chi connectivity index (χ3n) is 5.93. The fraction of sp³-hybridized carbons (Fsp3) is 0.476. The normalized spacial score (nSPS) is 23.4. The van der Waals surface area contributed by atoms with Gasteiger partial charge in [-0.1, -0.05) is 12.2 Å². The highest BCUT2D eigenvalue weighted by Gasteiger charge is 2.35. The van der Waals surface area contributed by atoms with Crippen molar-refractivity contribution in [1.29, 1.82) is 0 Å². The number of rotatable bonds is 3. The Morgan fingerprint density at radius 1 is 1.36 bits per heavy atom. The van der Waals surface area contributed by atoms with Crippen molar-refractivity contribution in [2.45, 2.75) is 50.7 Å². The molecule has 0 amide bonds. The lowest BCUT2D eigenvalue weighted by Gasteiger charge is -2.26. The van der Waals surface area contributed by atoms with Crippen LogP contribution in [-0.2, 0) is 4.74 Å². The number of pyridine rings is 2. The van der Waals surface area contributed by atoms with Gasteiger partial charge in [-0.25, -0.2) is 9.78 Å². The zero-order valence-corrected chi connectivity index (χ0v) is 15.9. The molecule has 1 saturated heterocycles. The predicted molar refractivity (Wildman–Crippen MR) is 108 cm³/mol. The number of hydrogen-bond acceptors (Lipinski definition) is 6. The Kier molecular flexibility index (Phi) is 4.01. The topological polar surface area (TPSA) is 90.5 Å². The number of hydrogen-bond donors (Lipinski definition) is 1. The van der Waals surface area contributed by atoms with Crippen molar-refractivity contribution in [3.05, 3.63) is 39.8 Å². The largest absolute Gasteiger partial charge is 0.462 e. The van der Waals surface area contributed by atoms with E-state index in [4.69, 9.17) is 10.5 Å². The van der Waals surface area contributed by atoms with E-state index in [9.17, 15) is 9.59 Å². The van der Waals surface area contributed by atoms with Gasteiger partial charge in [0, 0.05) is 42.6 Å². The molecule has 0 unspecified atom stereocenters. The Morgan fingerprint density at radius 2 is 2.18 bits per heavy atom. The van der Waals surface area contributed by atoms with Crippen LogP contribution >= 0.6 is 0 Å². The van der Waals surface area contributed by atoms with Crippen molar-refractivity contribution >= 4 is 28.8 Å². The Labute approximate surface area is 162 Å². The number of fused-ring (bicyclic) bond motifs is 5. The van der Waals surface area contributed by atoms with Crippen molar-refractivity contribution in [1.82, 2.24) is 9.55 Å². The van der Waals surface area contributed by atoms with Gasteiger partial charge >= 0.3 is 5.97 Å². The van der Waals surface area contributed by atoms with Crippen LogP contribution in [0.5, 0.6) is 0 Å². The maximum atomic E-state index is 13.1. The molecule has 2 atom stereocenters. The molecule has 4 heterocycles. The van der Waals surface area contributed by atoms with Gasteiger partial charge in [0.2, 0.25) is 5.43 Å². The second-order valence-corrected chi connectivity index (χ2v) is 7.93. The van der Waals surface area contributed by atoms with Crippen molar-refractivity contribution in [3.63, 3.8) is 0 Å². The predicted octanol–water partition coefficient (Wildman–Crippen LogP) is 2.23. The second-order valence-electron chi connectivity index (χ2n) is 7.93. The standard InChI is InChI=1S/C21H24N4O3/c1-2-28-21(27)17-11-24(13-6-7-13)18-15-5-3-4-14-8-12(22)10-25(14)20(15)23-9-16(18)19(17)26/h3,5,9,11-14H,2,4,6-8,10,22H2,1H3/t12-,14+/m0/s1. The number of nitrogens with zero attached hydrogens (tertiary/aromatic N) is 3. The van der Waals surface area contributed by atoms with E-state index in [1.807, 2.05) is 0 Å². The number of esters is 1. The number of anilines is 1. The van der Waals surface area contributed by atoms with Gasteiger partial charge in [-0.2, -0.15) is 0 Å². The molecule has 1 aliphatic carbocycles. The van der Waals surface area contributed by atoms with E-state index in [0.717, 1.165) is 49.1 Å². The van der Waals surface area contributed by atoms with E-state index in [1.165, 1.54) is 0 Å². The van der Waals surface area contributed by atoms with Gasteiger partial charge in [0.25, 0.3) is 0 Å². The summed E-state index contributed by atoms with van der Waals surface area (Å²) in [5.74, 6) is 0.316. The van der Waals surface area contributed by atoms with Gasteiger partial charge in [-0.05, 0) is 32.6 Å². The first-order valence-electron chi connectivity index (χ1n) is 10.0. The molecule has 5 rings (SSSR count). The lowest BCUT2D eigenvalue weighted by Crippen LogP contribution is -2.31. The van der Waals surface area contributed by atoms with Crippen LogP contribution in [0.2, 0.25) is 0 Å². The summed E-state index contributed by atoms with van der Waals surface area (Å²) in [5, 5.41) is 0.475. The molecular formula is C21H24N4O3. The Bertz CT molecular complexity index is 1050. The number of carbonyl (C=O) groups is 1. The number of nitrogens with two attached hydrogens (primary N) is 1. The zero-order chi connectivity index (χ0) is 19.4. The fourth-order valence-corrected chi connectivity index (χ4v) is 4.52. The lowest BCUT2D eigenvalue weighted by atomic mass is 10.1. The van der Waals surface area contributed by atoms with E-state index in [-0.39, 0.29) is 23.6 Å². The molecular weight excluding hydrogens is 356 g/mol. The van der Waals surface area contributed by atoms with Crippen molar-refractivity contribution in [2.24, 2.45) is 5.73 Å². The smallest absolute Gasteiger partial charge is 0.343 e. The Balaban J connectivity index is 1.77. The Hall–Kier alpha value is -2.67. The minimum Gasteiger partial charge on any atom is -0.462 e. The third kappa shape index (κ3) is 2.64. The molecule has 0 radical (unpaired) electrons. The summed E-state index contributed by atoms with van der Waals surface area (Å²) in [6.45, 7) is 2.75. The third-order valence-corrected chi connectivity index (χ3v) is 5.93. The van der Waals surface area contributed by atoms with Crippen LogP contribution in [0.15, 0.2) is 23.3 Å². The lowest BCUT2D eigenvalue weighted by molar-refractivity contribution is 0.0524. The molecule has 2 aliphatic heterocycles. The molecule has 2 N–H and O–H groups in total. The van der Waals surface area contributed by atoms with Crippen LogP contribution in [0, 0.1) is 0 Å². The molecule has 2 aromatic heterocycles. The minimum absolute atomic E-state index is 0.0849. The quantitative estimate of drug-likeness (QED) is 0.821. The van der Waals surface area contributed by atoms with Crippen LogP contribution in [0.3, 0.4) is 0 Å². The SMILES string of the molecule is CCOC(=O)c1cn(C2CC2)c2c3c(ncc2c1=O)N1C[C@@H](N)C[C@H]1CC=C3. The van der Waals surface area contributed by atoms with E-state index in [0.29, 0.717) is 17.5 Å². The van der Waals surface area contributed by atoms with Crippen LogP contribution in [0.4, 0.5) is 5.82 Å². The molecule has 0 aromatic carbocycles. The van der Waals surface area contributed by atoms with Crippen molar-refractivity contribution in [2.75, 3.05) is 18.1 Å². The maximum Gasteiger partial charge on any atom is 0.343 e. The average Bonchev–Trinajstić information content (AvgIpc) is 3.47. The highest BCUT2D eigenvalue weighted by Crippen LogP contribution is 2.41. The van der Waals surface area contributed by atoms with Gasteiger partial charge in [0.15, 0.2) is 0 Å². The van der Waals surface area contributed by atoms with Crippen LogP contribution < -0.4 is 16.1 Å². The summed E-state index contributed by atoms with van der Waals surface area (Å²) < 4.78 is 7.19. The minimum atomic E-state index is -0.570. The van der Waals surface area contributed by atoms with Crippen LogP contribution in [0.25, 0.3) is 17.0 Å². The summed E-state index contributed by atoms with van der Waals surface area (Å²) in [6, 6.07) is 0.784. The molecule has 2 fully saturated rings. The van der Waals surface area contributed by atoms with Gasteiger partial charge in [-0.15, -0.1) is 0 Å². The molecule has 0 spiro atoms. The van der Waals surface area contributed by atoms with Gasteiger partial charge < -0.3 is 19.9 Å². The van der Waals surface area contributed by atoms with Gasteiger partial charge in [0.05, 0.1) is 17.5 Å². The van der Waals surface area contributed by atoms with E-state index in [1.54, 1.807) is 19.3 Å². The summed E-state index contributed by atoms with van der Waals surface area (Å²) in [5.41, 5.74) is 7.80. The second kappa shape index (κ2) is 6.44. The molecule has 7 heteroatoms. The highest BCUT2D eigenvalue weighted by molar-refractivity contribution is 5.97. The summed E-state index contributed by atoms with van der Waals surface area (Å²) >= 11 is 0.